The molecule has 0 aliphatic rings. The van der Waals surface area contributed by atoms with Crippen LogP contribution in [0, 0.1) is 5.82 Å². The fourth-order valence-electron chi connectivity index (χ4n) is 2.23. The van der Waals surface area contributed by atoms with E-state index in [4.69, 9.17) is 5.73 Å². The van der Waals surface area contributed by atoms with Gasteiger partial charge in [-0.1, -0.05) is 24.3 Å². The van der Waals surface area contributed by atoms with Crippen molar-refractivity contribution in [3.8, 4) is 11.1 Å². The van der Waals surface area contributed by atoms with Gasteiger partial charge in [0, 0.05) is 11.4 Å². The van der Waals surface area contributed by atoms with Gasteiger partial charge in [0.25, 0.3) is 10.0 Å². The molecule has 0 aliphatic carbocycles. The molecule has 6 heteroatoms. The van der Waals surface area contributed by atoms with Gasteiger partial charge in [-0.05, 0) is 59.7 Å². The molecule has 24 heavy (non-hydrogen) atoms. The van der Waals surface area contributed by atoms with Crippen LogP contribution in [-0.2, 0) is 10.0 Å². The van der Waals surface area contributed by atoms with Crippen LogP contribution in [0.4, 0.5) is 15.8 Å². The molecule has 3 N–H and O–H groups in total. The number of rotatable bonds is 4. The molecule has 0 fully saturated rings. The molecular formula is C18H15FN2O2S. The van der Waals surface area contributed by atoms with E-state index in [1.165, 1.54) is 36.4 Å². The molecule has 0 saturated heterocycles. The van der Waals surface area contributed by atoms with E-state index in [1.807, 2.05) is 12.1 Å². The number of halogens is 1. The lowest BCUT2D eigenvalue weighted by molar-refractivity contribution is 0.601. The molecule has 0 bridgehead atoms. The van der Waals surface area contributed by atoms with Crippen LogP contribution in [0.2, 0.25) is 0 Å². The lowest BCUT2D eigenvalue weighted by atomic mass is 10.1. The van der Waals surface area contributed by atoms with E-state index in [2.05, 4.69) is 4.72 Å². The minimum atomic E-state index is -3.72. The van der Waals surface area contributed by atoms with E-state index in [0.717, 1.165) is 11.1 Å². The van der Waals surface area contributed by atoms with Gasteiger partial charge < -0.3 is 5.73 Å². The van der Waals surface area contributed by atoms with Crippen molar-refractivity contribution in [1.82, 2.24) is 0 Å². The molecule has 0 spiro atoms. The third-order valence-electron chi connectivity index (χ3n) is 3.51. The molecule has 0 amide bonds. The summed E-state index contributed by atoms with van der Waals surface area (Å²) in [5.41, 5.74) is 8.46. The summed E-state index contributed by atoms with van der Waals surface area (Å²) in [4.78, 5) is 0.131. The van der Waals surface area contributed by atoms with Gasteiger partial charge in [0.05, 0.1) is 4.90 Å². The topological polar surface area (TPSA) is 72.2 Å². The van der Waals surface area contributed by atoms with Crippen LogP contribution in [0.25, 0.3) is 11.1 Å². The van der Waals surface area contributed by atoms with Crippen LogP contribution in [-0.4, -0.2) is 8.42 Å². The number of nitrogen functional groups attached to an aromatic ring is 1. The van der Waals surface area contributed by atoms with Crippen LogP contribution in [0.15, 0.2) is 77.7 Å². The molecule has 0 unspecified atom stereocenters. The van der Waals surface area contributed by atoms with Crippen LogP contribution in [0.1, 0.15) is 0 Å². The molecular weight excluding hydrogens is 327 g/mol. The highest BCUT2D eigenvalue weighted by molar-refractivity contribution is 7.92. The smallest absolute Gasteiger partial charge is 0.261 e. The van der Waals surface area contributed by atoms with Crippen molar-refractivity contribution in [2.75, 3.05) is 10.5 Å². The van der Waals surface area contributed by atoms with Crippen molar-refractivity contribution in [3.63, 3.8) is 0 Å². The van der Waals surface area contributed by atoms with E-state index < -0.39 is 15.8 Å². The molecule has 122 valence electrons. The molecule has 3 aromatic carbocycles. The van der Waals surface area contributed by atoms with Gasteiger partial charge in [0.15, 0.2) is 0 Å². The van der Waals surface area contributed by atoms with Gasteiger partial charge in [0.1, 0.15) is 5.82 Å². The largest absolute Gasteiger partial charge is 0.399 e. The van der Waals surface area contributed by atoms with Crippen molar-refractivity contribution in [3.05, 3.63) is 78.6 Å². The molecule has 0 aliphatic heterocycles. The monoisotopic (exact) mass is 342 g/mol. The summed E-state index contributed by atoms with van der Waals surface area (Å²) in [6.07, 6.45) is 0. The molecule has 3 aromatic rings. The Balaban J connectivity index is 1.83. The lowest BCUT2D eigenvalue weighted by Crippen LogP contribution is -2.12. The maximum atomic E-state index is 12.9. The lowest BCUT2D eigenvalue weighted by Gasteiger charge is -2.09. The van der Waals surface area contributed by atoms with E-state index in [0.29, 0.717) is 11.4 Å². The fraction of sp³-hybridized carbons (Fsp3) is 0. The average molecular weight is 342 g/mol. The number of nitrogens with one attached hydrogen (secondary N) is 1. The third-order valence-corrected chi connectivity index (χ3v) is 4.90. The van der Waals surface area contributed by atoms with Gasteiger partial charge in [-0.3, -0.25) is 4.72 Å². The summed E-state index contributed by atoms with van der Waals surface area (Å²) in [7, 11) is -3.72. The summed E-state index contributed by atoms with van der Waals surface area (Å²) in [6.45, 7) is 0. The Hall–Kier alpha value is -2.86. The first kappa shape index (κ1) is 16.0. The zero-order valence-electron chi connectivity index (χ0n) is 12.6. The zero-order valence-corrected chi connectivity index (χ0v) is 13.4. The van der Waals surface area contributed by atoms with E-state index in [-0.39, 0.29) is 4.90 Å². The van der Waals surface area contributed by atoms with Crippen molar-refractivity contribution >= 4 is 21.4 Å². The van der Waals surface area contributed by atoms with Crippen molar-refractivity contribution in [2.45, 2.75) is 4.90 Å². The van der Waals surface area contributed by atoms with Crippen LogP contribution < -0.4 is 10.5 Å². The van der Waals surface area contributed by atoms with Gasteiger partial charge in [-0.2, -0.15) is 0 Å². The zero-order chi connectivity index (χ0) is 17.2. The first-order valence-electron chi connectivity index (χ1n) is 7.18. The second-order valence-electron chi connectivity index (χ2n) is 5.26. The molecule has 3 rings (SSSR count). The summed E-state index contributed by atoms with van der Waals surface area (Å²) >= 11 is 0. The molecule has 4 nitrogen and oxygen atoms in total. The van der Waals surface area contributed by atoms with Gasteiger partial charge in [-0.25, -0.2) is 12.8 Å². The standard InChI is InChI=1S/C18H15FN2O2S/c19-15-5-9-17(10-6-15)21-24(22,23)18-11-3-14(4-12-18)13-1-7-16(20)8-2-13/h1-12,21H,20H2. The summed E-state index contributed by atoms with van der Waals surface area (Å²) in [6, 6.07) is 19.0. The quantitative estimate of drug-likeness (QED) is 0.707. The highest BCUT2D eigenvalue weighted by atomic mass is 32.2. The molecule has 0 saturated carbocycles. The van der Waals surface area contributed by atoms with E-state index in [9.17, 15) is 12.8 Å². The molecule has 0 atom stereocenters. The molecule has 0 heterocycles. The minimum Gasteiger partial charge on any atom is -0.399 e. The Labute approximate surface area is 139 Å². The predicted molar refractivity (Wildman–Crippen MR) is 93.5 cm³/mol. The summed E-state index contributed by atoms with van der Waals surface area (Å²) in [5.74, 6) is -0.425. The fourth-order valence-corrected chi connectivity index (χ4v) is 3.29. The van der Waals surface area contributed by atoms with Crippen LogP contribution in [0.5, 0.6) is 0 Å². The van der Waals surface area contributed by atoms with Crippen LogP contribution >= 0.6 is 0 Å². The van der Waals surface area contributed by atoms with E-state index >= 15 is 0 Å². The molecule has 0 aromatic heterocycles. The highest BCUT2D eigenvalue weighted by Crippen LogP contribution is 2.23. The average Bonchev–Trinajstić information content (AvgIpc) is 2.58. The molecule has 0 radical (unpaired) electrons. The maximum absolute atomic E-state index is 12.9. The Morgan fingerprint density at radius 1 is 0.750 bits per heavy atom. The number of hydrogen-bond acceptors (Lipinski definition) is 3. The normalized spacial score (nSPS) is 11.2. The van der Waals surface area contributed by atoms with Crippen molar-refractivity contribution < 1.29 is 12.8 Å². The van der Waals surface area contributed by atoms with Gasteiger partial charge in [0.2, 0.25) is 0 Å². The van der Waals surface area contributed by atoms with E-state index in [1.54, 1.807) is 24.3 Å². The second kappa shape index (κ2) is 6.33. The summed E-state index contributed by atoms with van der Waals surface area (Å²) in [5, 5.41) is 0. The summed E-state index contributed by atoms with van der Waals surface area (Å²) < 4.78 is 40.0. The van der Waals surface area contributed by atoms with Gasteiger partial charge in [-0.15, -0.1) is 0 Å². The number of anilines is 2. The number of hydrogen-bond donors (Lipinski definition) is 2. The van der Waals surface area contributed by atoms with Crippen LogP contribution in [0.3, 0.4) is 0 Å². The number of benzene rings is 3. The Bertz CT molecular complexity index is 936. The highest BCUT2D eigenvalue weighted by Gasteiger charge is 2.14. The third kappa shape index (κ3) is 3.55. The first-order valence-corrected chi connectivity index (χ1v) is 8.67. The number of sulfonamides is 1. The SMILES string of the molecule is Nc1ccc(-c2ccc(S(=O)(=O)Nc3ccc(F)cc3)cc2)cc1. The minimum absolute atomic E-state index is 0.131. The van der Waals surface area contributed by atoms with Gasteiger partial charge >= 0.3 is 0 Å². The first-order chi connectivity index (χ1) is 11.4. The Morgan fingerprint density at radius 2 is 1.25 bits per heavy atom. The Kier molecular flexibility index (Phi) is 4.22. The van der Waals surface area contributed by atoms with Crippen molar-refractivity contribution in [1.29, 1.82) is 0 Å². The predicted octanol–water partition coefficient (Wildman–Crippen LogP) is 3.88. The number of nitrogens with two attached hydrogens (primary N) is 1. The maximum Gasteiger partial charge on any atom is 0.261 e. The second-order valence-corrected chi connectivity index (χ2v) is 6.94. The van der Waals surface area contributed by atoms with Crippen molar-refractivity contribution in [2.24, 2.45) is 0 Å². The Morgan fingerprint density at radius 3 is 1.79 bits per heavy atom.